The standard InChI is InChI=1S/C28H25Br2ClNOP.C10H9BrClN.CH4/c1-2-28(33)32-27-19-26(31)25(29)18-21(27)20-34(30,22-12-6-3-7-13-22,23-14-8-4-9-15-23)24-16-10-5-11-17-24;1-2-7-3-6-4-8(11)9(12)5-10(6)13-7;/h3-19H,2,20H2,1H3,(H,32,33);3-5,13H,2H2,1H3;1H4. The summed E-state index contributed by atoms with van der Waals surface area (Å²) in [5.41, 5.74) is 4.08. The van der Waals surface area contributed by atoms with Gasteiger partial charge in [-0.3, -0.25) is 0 Å². The molecule has 1 heterocycles. The number of rotatable bonds is 8. The molecule has 0 radical (unpaired) electrons. The molecule has 0 aliphatic heterocycles. The van der Waals surface area contributed by atoms with Crippen LogP contribution in [0.2, 0.25) is 10.0 Å². The van der Waals surface area contributed by atoms with Gasteiger partial charge in [0.2, 0.25) is 0 Å². The number of benzene rings is 5. The van der Waals surface area contributed by atoms with Gasteiger partial charge >= 0.3 is 224 Å². The first-order chi connectivity index (χ1) is 22.6. The van der Waals surface area contributed by atoms with Gasteiger partial charge in [-0.15, -0.1) is 0 Å². The molecule has 0 saturated heterocycles. The van der Waals surface area contributed by atoms with Crippen molar-refractivity contribution in [2.45, 2.75) is 40.3 Å². The molecule has 0 spiro atoms. The van der Waals surface area contributed by atoms with Gasteiger partial charge in [-0.25, -0.2) is 0 Å². The van der Waals surface area contributed by atoms with Gasteiger partial charge in [0.05, 0.1) is 5.02 Å². The largest absolute Gasteiger partial charge is 0.358 e. The Labute approximate surface area is 318 Å². The summed E-state index contributed by atoms with van der Waals surface area (Å²) in [6.07, 6.45) is 2.06. The van der Waals surface area contributed by atoms with E-state index in [0.717, 1.165) is 37.2 Å². The van der Waals surface area contributed by atoms with Crippen molar-refractivity contribution in [2.75, 3.05) is 5.32 Å². The summed E-state index contributed by atoms with van der Waals surface area (Å²) in [5, 5.41) is 6.00. The number of H-pyrrole nitrogens is 1. The van der Waals surface area contributed by atoms with E-state index in [4.69, 9.17) is 23.2 Å². The number of halogens is 5. The average Bonchev–Trinajstić information content (AvgIpc) is 3.50. The number of fused-ring (bicyclic) bond motifs is 1. The molecule has 2 N–H and O–H groups in total. The number of carbonyl (C=O) groups excluding carboxylic acids is 1. The summed E-state index contributed by atoms with van der Waals surface area (Å²) in [7, 11) is 0. The fourth-order valence-corrected chi connectivity index (χ4v) is 14.5. The van der Waals surface area contributed by atoms with E-state index in [-0.39, 0.29) is 13.3 Å². The van der Waals surface area contributed by atoms with Crippen LogP contribution in [0.3, 0.4) is 0 Å². The van der Waals surface area contributed by atoms with Crippen molar-refractivity contribution in [3.63, 3.8) is 0 Å². The molecule has 3 nitrogen and oxygen atoms in total. The zero-order valence-corrected chi connectivity index (χ0v) is 33.1. The van der Waals surface area contributed by atoms with Gasteiger partial charge < -0.3 is 4.98 Å². The molecular formula is C39H38Br3Cl2N2OP. The van der Waals surface area contributed by atoms with E-state index in [1.807, 2.05) is 49.4 Å². The first-order valence-corrected chi connectivity index (χ1v) is 22.0. The van der Waals surface area contributed by atoms with Crippen LogP contribution in [-0.4, -0.2) is 10.9 Å². The molecule has 1 aromatic heterocycles. The number of carbonyl (C=O) groups is 1. The molecular weight excluding hydrogens is 854 g/mol. The molecule has 0 saturated carbocycles. The third kappa shape index (κ3) is 7.96. The Morgan fingerprint density at radius 3 is 1.69 bits per heavy atom. The SMILES string of the molecule is C.CCC(=O)Nc1cc(Cl)c(Br)cc1CP(Br)(c1ccccc1)(c1ccccc1)c1ccccc1.CCc1cc2cc(Br)c(Cl)cc2[nH]1. The van der Waals surface area contributed by atoms with Gasteiger partial charge in [-0.05, 0) is 40.5 Å². The number of amides is 1. The van der Waals surface area contributed by atoms with Crippen LogP contribution in [0.1, 0.15) is 39.0 Å². The van der Waals surface area contributed by atoms with Crippen LogP contribution in [0.15, 0.2) is 130 Å². The molecule has 6 rings (SSSR count). The molecule has 48 heavy (non-hydrogen) atoms. The van der Waals surface area contributed by atoms with Crippen LogP contribution in [0.25, 0.3) is 10.9 Å². The van der Waals surface area contributed by atoms with Crippen molar-refractivity contribution in [2.24, 2.45) is 0 Å². The Morgan fingerprint density at radius 1 is 0.729 bits per heavy atom. The zero-order chi connectivity index (χ0) is 33.6. The fraction of sp³-hybridized carbons (Fsp3) is 0.154. The zero-order valence-electron chi connectivity index (χ0n) is 25.9. The Balaban J connectivity index is 0.000000310. The molecule has 0 atom stereocenters. The van der Waals surface area contributed by atoms with Crippen molar-refractivity contribution in [1.29, 1.82) is 0 Å². The quantitative estimate of drug-likeness (QED) is 0.147. The number of hydrogen-bond acceptors (Lipinski definition) is 1. The van der Waals surface area contributed by atoms with Gasteiger partial charge in [-0.1, -0.05) is 26.0 Å². The minimum absolute atomic E-state index is 0. The van der Waals surface area contributed by atoms with Crippen LogP contribution in [0.5, 0.6) is 0 Å². The number of hydrogen-bond donors (Lipinski definition) is 2. The first-order valence-electron chi connectivity index (χ1n) is 15.2. The van der Waals surface area contributed by atoms with Gasteiger partial charge in [0, 0.05) is 21.1 Å². The third-order valence-electron chi connectivity index (χ3n) is 8.19. The summed E-state index contributed by atoms with van der Waals surface area (Å²) in [6, 6.07) is 41.8. The van der Waals surface area contributed by atoms with E-state index in [2.05, 4.69) is 143 Å². The third-order valence-corrected chi connectivity index (χ3v) is 20.1. The van der Waals surface area contributed by atoms with E-state index in [1.165, 1.54) is 27.0 Å². The molecule has 0 aliphatic rings. The van der Waals surface area contributed by atoms with Gasteiger partial charge in [0.15, 0.2) is 0 Å². The van der Waals surface area contributed by atoms with E-state index in [9.17, 15) is 4.79 Å². The van der Waals surface area contributed by atoms with Crippen LogP contribution in [0, 0.1) is 0 Å². The fourth-order valence-electron chi connectivity index (χ4n) is 5.71. The van der Waals surface area contributed by atoms with Crippen molar-refractivity contribution < 1.29 is 4.79 Å². The Morgan fingerprint density at radius 2 is 1.21 bits per heavy atom. The number of anilines is 1. The molecule has 0 bridgehead atoms. The average molecular weight is 892 g/mol. The molecule has 6 aromatic rings. The maximum atomic E-state index is 12.4. The Hall–Kier alpha value is -2.44. The van der Waals surface area contributed by atoms with E-state index < -0.39 is 5.31 Å². The molecule has 5 aromatic carbocycles. The second kappa shape index (κ2) is 16.5. The summed E-state index contributed by atoms with van der Waals surface area (Å²) in [4.78, 5) is 15.7. The van der Waals surface area contributed by atoms with Gasteiger partial charge in [-0.2, -0.15) is 0 Å². The predicted molar refractivity (Wildman–Crippen MR) is 223 cm³/mol. The van der Waals surface area contributed by atoms with Crippen LogP contribution in [0.4, 0.5) is 5.69 Å². The molecule has 0 fully saturated rings. The molecule has 250 valence electrons. The normalized spacial score (nSPS) is 11.9. The second-order valence-electron chi connectivity index (χ2n) is 11.2. The number of aryl methyl sites for hydroxylation is 1. The summed E-state index contributed by atoms with van der Waals surface area (Å²) < 4.78 is 1.74. The van der Waals surface area contributed by atoms with E-state index in [0.29, 0.717) is 17.6 Å². The monoisotopic (exact) mass is 888 g/mol. The number of nitrogens with one attached hydrogen (secondary N) is 2. The molecule has 0 aliphatic carbocycles. The summed E-state index contributed by atoms with van der Waals surface area (Å²) >= 11 is 23.9. The predicted octanol–water partition coefficient (Wildman–Crippen LogP) is 12.6. The van der Waals surface area contributed by atoms with Crippen molar-refractivity contribution in [3.05, 3.63) is 152 Å². The van der Waals surface area contributed by atoms with Gasteiger partial charge in [0.25, 0.3) is 0 Å². The smallest absolute Gasteiger partial charge is 0.0569 e. The van der Waals surface area contributed by atoms with Crippen molar-refractivity contribution in [3.8, 4) is 0 Å². The van der Waals surface area contributed by atoms with Crippen LogP contribution < -0.4 is 21.2 Å². The maximum Gasteiger partial charge on any atom is 0.0569 e. The van der Waals surface area contributed by atoms with Crippen LogP contribution >= 0.6 is 75.9 Å². The second-order valence-corrected chi connectivity index (χ2v) is 22.6. The maximum absolute atomic E-state index is 12.4. The van der Waals surface area contributed by atoms with Gasteiger partial charge in [0.1, 0.15) is 0 Å². The molecule has 9 heteroatoms. The number of aromatic amines is 1. The topological polar surface area (TPSA) is 44.9 Å². The first kappa shape index (κ1) is 38.4. The summed E-state index contributed by atoms with van der Waals surface area (Å²) in [5.74, 6) is -0.0475. The van der Waals surface area contributed by atoms with E-state index >= 15 is 0 Å². The molecule has 1 amide bonds. The minimum atomic E-state index is -3.22. The summed E-state index contributed by atoms with van der Waals surface area (Å²) in [6.45, 7) is 3.97. The number of aromatic nitrogens is 1. The van der Waals surface area contributed by atoms with Crippen LogP contribution in [-0.2, 0) is 17.4 Å². The Kier molecular flexibility index (Phi) is 13.2. The Bertz CT molecular complexity index is 1870. The van der Waals surface area contributed by atoms with Crippen molar-refractivity contribution >= 4 is 114 Å². The van der Waals surface area contributed by atoms with Crippen molar-refractivity contribution in [1.82, 2.24) is 4.98 Å². The van der Waals surface area contributed by atoms with E-state index in [1.54, 1.807) is 0 Å². The molecule has 0 unspecified atom stereocenters. The minimum Gasteiger partial charge on any atom is -0.358 e.